The third-order valence-corrected chi connectivity index (χ3v) is 7.13. The van der Waals surface area contributed by atoms with Crippen molar-refractivity contribution in [2.45, 2.75) is 64.2 Å². The lowest BCUT2D eigenvalue weighted by atomic mass is 9.86. The Morgan fingerprint density at radius 3 is 2.70 bits per heavy atom. The first-order chi connectivity index (χ1) is 14.5. The summed E-state index contributed by atoms with van der Waals surface area (Å²) >= 11 is 1.36. The first-order valence-corrected chi connectivity index (χ1v) is 12.2. The van der Waals surface area contributed by atoms with Crippen molar-refractivity contribution in [1.82, 2.24) is 19.8 Å². The zero-order chi connectivity index (χ0) is 21.5. The van der Waals surface area contributed by atoms with Crippen LogP contribution in [0.4, 0.5) is 0 Å². The second-order valence-electron chi connectivity index (χ2n) is 8.12. The normalized spacial score (nSPS) is 19.3. The molecule has 1 aliphatic carbocycles. The van der Waals surface area contributed by atoms with Crippen LogP contribution in [0.1, 0.15) is 46.5 Å². The molecule has 1 amide bonds. The maximum Gasteiger partial charge on any atom is 0.262 e. The van der Waals surface area contributed by atoms with Crippen molar-refractivity contribution in [2.24, 2.45) is 5.92 Å². The van der Waals surface area contributed by atoms with Gasteiger partial charge in [0.1, 0.15) is 0 Å². The van der Waals surface area contributed by atoms with Gasteiger partial charge in [0.05, 0.1) is 16.7 Å². The molecule has 1 aromatic carbocycles. The highest BCUT2D eigenvalue weighted by molar-refractivity contribution is 7.99. The van der Waals surface area contributed by atoms with Crippen LogP contribution in [0.25, 0.3) is 10.9 Å². The number of rotatable bonds is 9. The van der Waals surface area contributed by atoms with E-state index in [1.165, 1.54) is 31.0 Å². The number of benzene rings is 1. The van der Waals surface area contributed by atoms with Crippen molar-refractivity contribution in [1.29, 1.82) is 0 Å². The fraction of sp³-hybridized carbons (Fsp3) is 0.609. The minimum absolute atomic E-state index is 0.0245. The minimum atomic E-state index is -0.0310. The SMILES string of the molecule is CCN(CC)CCn1c(SCC(=O)N[C@@H]2CCCC[C@H]2C)nc2ccccc2c1=O. The summed E-state index contributed by atoms with van der Waals surface area (Å²) in [6.07, 6.45) is 4.66. The van der Waals surface area contributed by atoms with Gasteiger partial charge in [-0.1, -0.05) is 57.5 Å². The molecule has 30 heavy (non-hydrogen) atoms. The Morgan fingerprint density at radius 1 is 1.23 bits per heavy atom. The third-order valence-electron chi connectivity index (χ3n) is 6.15. The van der Waals surface area contributed by atoms with E-state index in [4.69, 9.17) is 4.98 Å². The van der Waals surface area contributed by atoms with Crippen molar-refractivity contribution in [2.75, 3.05) is 25.4 Å². The minimum Gasteiger partial charge on any atom is -0.352 e. The van der Waals surface area contributed by atoms with Gasteiger partial charge >= 0.3 is 0 Å². The lowest BCUT2D eigenvalue weighted by molar-refractivity contribution is -0.119. The van der Waals surface area contributed by atoms with E-state index in [0.29, 0.717) is 28.5 Å². The Kier molecular flexibility index (Phi) is 8.33. The number of hydrogen-bond acceptors (Lipinski definition) is 5. The van der Waals surface area contributed by atoms with Gasteiger partial charge in [-0.2, -0.15) is 0 Å². The predicted molar refractivity (Wildman–Crippen MR) is 124 cm³/mol. The average molecular weight is 431 g/mol. The number of thioether (sulfide) groups is 1. The van der Waals surface area contributed by atoms with E-state index < -0.39 is 0 Å². The van der Waals surface area contributed by atoms with Gasteiger partial charge in [-0.25, -0.2) is 4.98 Å². The summed E-state index contributed by atoms with van der Waals surface area (Å²) in [7, 11) is 0. The monoisotopic (exact) mass is 430 g/mol. The van der Waals surface area contributed by atoms with Crippen molar-refractivity contribution in [3.8, 4) is 0 Å². The van der Waals surface area contributed by atoms with Gasteiger partial charge < -0.3 is 10.2 Å². The summed E-state index contributed by atoms with van der Waals surface area (Å²) in [6.45, 7) is 9.70. The van der Waals surface area contributed by atoms with Crippen LogP contribution >= 0.6 is 11.8 Å². The molecule has 1 aliphatic rings. The highest BCUT2D eigenvalue weighted by Gasteiger charge is 2.23. The van der Waals surface area contributed by atoms with Gasteiger partial charge in [-0.15, -0.1) is 0 Å². The number of fused-ring (bicyclic) bond motifs is 1. The second-order valence-corrected chi connectivity index (χ2v) is 9.06. The molecule has 0 saturated heterocycles. The molecule has 0 radical (unpaired) electrons. The molecule has 1 N–H and O–H groups in total. The smallest absolute Gasteiger partial charge is 0.262 e. The number of para-hydroxylation sites is 1. The number of hydrogen-bond donors (Lipinski definition) is 1. The van der Waals surface area contributed by atoms with Gasteiger partial charge in [-0.3, -0.25) is 14.2 Å². The number of carbonyl (C=O) groups is 1. The molecule has 164 valence electrons. The summed E-state index contributed by atoms with van der Waals surface area (Å²) in [5.74, 6) is 0.828. The maximum absolute atomic E-state index is 13.1. The molecule has 1 fully saturated rings. The van der Waals surface area contributed by atoms with Crippen molar-refractivity contribution in [3.05, 3.63) is 34.6 Å². The number of nitrogens with zero attached hydrogens (tertiary/aromatic N) is 3. The van der Waals surface area contributed by atoms with E-state index >= 15 is 0 Å². The first-order valence-electron chi connectivity index (χ1n) is 11.2. The molecule has 6 nitrogen and oxygen atoms in total. The molecule has 0 unspecified atom stereocenters. The largest absolute Gasteiger partial charge is 0.352 e. The quantitative estimate of drug-likeness (QED) is 0.487. The zero-order valence-electron chi connectivity index (χ0n) is 18.4. The molecular weight excluding hydrogens is 396 g/mol. The highest BCUT2D eigenvalue weighted by atomic mass is 32.2. The van der Waals surface area contributed by atoms with Gasteiger partial charge in [0, 0.05) is 19.1 Å². The van der Waals surface area contributed by atoms with Crippen molar-refractivity contribution < 1.29 is 4.79 Å². The second kappa shape index (κ2) is 11.0. The molecule has 0 bridgehead atoms. The van der Waals surface area contributed by atoms with Crippen LogP contribution in [-0.2, 0) is 11.3 Å². The Morgan fingerprint density at radius 2 is 1.97 bits per heavy atom. The van der Waals surface area contributed by atoms with Crippen LogP contribution in [-0.4, -0.2) is 51.8 Å². The van der Waals surface area contributed by atoms with E-state index in [-0.39, 0.29) is 23.3 Å². The topological polar surface area (TPSA) is 67.2 Å². The van der Waals surface area contributed by atoms with E-state index in [9.17, 15) is 9.59 Å². The summed E-state index contributed by atoms with van der Waals surface area (Å²) < 4.78 is 1.74. The molecule has 1 aromatic heterocycles. The molecule has 2 atom stereocenters. The number of nitrogens with one attached hydrogen (secondary N) is 1. The molecule has 3 rings (SSSR count). The highest BCUT2D eigenvalue weighted by Crippen LogP contribution is 2.24. The van der Waals surface area contributed by atoms with Crippen LogP contribution in [0.2, 0.25) is 0 Å². The third kappa shape index (κ3) is 5.64. The number of likely N-dealkylation sites (N-methyl/N-ethyl adjacent to an activating group) is 1. The van der Waals surface area contributed by atoms with Gasteiger partial charge in [0.15, 0.2) is 5.16 Å². The van der Waals surface area contributed by atoms with Gasteiger partial charge in [-0.05, 0) is 44.0 Å². The molecular formula is C23H34N4O2S. The standard InChI is InChI=1S/C23H34N4O2S/c1-4-26(5-2)14-15-27-22(29)18-11-7-9-13-20(18)25-23(27)30-16-21(28)24-19-12-8-6-10-17(19)3/h7,9,11,13,17,19H,4-6,8,10,12,14-16H2,1-3H3,(H,24,28)/t17-,19-/m1/s1. The fourth-order valence-electron chi connectivity index (χ4n) is 4.15. The van der Waals surface area contributed by atoms with E-state index in [1.54, 1.807) is 4.57 Å². The van der Waals surface area contributed by atoms with Crippen LogP contribution in [0.5, 0.6) is 0 Å². The van der Waals surface area contributed by atoms with E-state index in [1.807, 2.05) is 24.3 Å². The summed E-state index contributed by atoms with van der Waals surface area (Å²) in [5.41, 5.74) is 0.655. The van der Waals surface area contributed by atoms with E-state index in [0.717, 1.165) is 26.1 Å². The van der Waals surface area contributed by atoms with Crippen LogP contribution in [0, 0.1) is 5.92 Å². The predicted octanol–water partition coefficient (Wildman–Crippen LogP) is 3.53. The van der Waals surface area contributed by atoms with Crippen molar-refractivity contribution in [3.63, 3.8) is 0 Å². The molecule has 2 aromatic rings. The van der Waals surface area contributed by atoms with Crippen LogP contribution in [0.3, 0.4) is 0 Å². The summed E-state index contributed by atoms with van der Waals surface area (Å²) in [5, 5.41) is 4.45. The maximum atomic E-state index is 13.1. The van der Waals surface area contributed by atoms with Crippen LogP contribution in [0.15, 0.2) is 34.2 Å². The van der Waals surface area contributed by atoms with Crippen LogP contribution < -0.4 is 10.9 Å². The lowest BCUT2D eigenvalue weighted by Gasteiger charge is -2.29. The Bertz CT molecular complexity index is 910. The molecule has 1 saturated carbocycles. The number of aromatic nitrogens is 2. The molecule has 1 heterocycles. The van der Waals surface area contributed by atoms with Gasteiger partial charge in [0.2, 0.25) is 5.91 Å². The number of carbonyl (C=O) groups excluding carboxylic acids is 1. The molecule has 0 spiro atoms. The summed E-state index contributed by atoms with van der Waals surface area (Å²) in [4.78, 5) is 32.7. The Labute approximate surface area is 183 Å². The Balaban J connectivity index is 1.76. The number of amides is 1. The fourth-order valence-corrected chi connectivity index (χ4v) is 4.98. The first kappa shape index (κ1) is 22.8. The Hall–Kier alpha value is -1.86. The van der Waals surface area contributed by atoms with Crippen molar-refractivity contribution >= 4 is 28.6 Å². The summed E-state index contributed by atoms with van der Waals surface area (Å²) in [6, 6.07) is 7.71. The molecule has 0 aliphatic heterocycles. The van der Waals surface area contributed by atoms with Gasteiger partial charge in [0.25, 0.3) is 5.56 Å². The lowest BCUT2D eigenvalue weighted by Crippen LogP contribution is -2.42. The molecule has 7 heteroatoms. The van der Waals surface area contributed by atoms with E-state index in [2.05, 4.69) is 31.0 Å². The average Bonchev–Trinajstić information content (AvgIpc) is 2.76. The zero-order valence-corrected chi connectivity index (χ0v) is 19.2.